The van der Waals surface area contributed by atoms with Crippen LogP contribution in [0.25, 0.3) is 0 Å². The minimum atomic E-state index is -0.255. The van der Waals surface area contributed by atoms with Crippen molar-refractivity contribution in [2.24, 2.45) is 0 Å². The molecular formula is C30H44N7O4S+. The van der Waals surface area contributed by atoms with Gasteiger partial charge in [0.15, 0.2) is 18.0 Å². The predicted molar refractivity (Wildman–Crippen MR) is 170 cm³/mol. The lowest BCUT2D eigenvalue weighted by Crippen LogP contribution is -2.76. The molecular weight excluding hydrogens is 554 g/mol. The number of hydrogen-bond acceptors (Lipinski definition) is 9. The van der Waals surface area contributed by atoms with Gasteiger partial charge in [0.1, 0.15) is 0 Å². The van der Waals surface area contributed by atoms with Gasteiger partial charge in [0.2, 0.25) is 0 Å². The molecule has 12 heteroatoms. The maximum atomic E-state index is 13.6. The first-order chi connectivity index (χ1) is 20.0. The molecule has 0 bridgehead atoms. The van der Waals surface area contributed by atoms with E-state index >= 15 is 0 Å². The minimum Gasteiger partial charge on any atom is -0.492 e. The summed E-state index contributed by atoms with van der Waals surface area (Å²) >= 11 is 1.46. The lowest BCUT2D eigenvalue weighted by molar-refractivity contribution is -0.466. The molecule has 0 aromatic heterocycles. The van der Waals surface area contributed by atoms with Crippen molar-refractivity contribution in [3.05, 3.63) is 58.4 Å². The molecule has 0 spiro atoms. The van der Waals surface area contributed by atoms with E-state index in [0.717, 1.165) is 60.9 Å². The monoisotopic (exact) mass is 598 g/mol. The zero-order valence-corrected chi connectivity index (χ0v) is 26.4. The largest absolute Gasteiger partial charge is 0.492 e. The van der Waals surface area contributed by atoms with Gasteiger partial charge < -0.3 is 24.6 Å². The Morgan fingerprint density at radius 2 is 1.88 bits per heavy atom. The lowest BCUT2D eigenvalue weighted by atomic mass is 9.86. The molecule has 2 aromatic carbocycles. The molecule has 42 heavy (non-hydrogen) atoms. The Bertz CT molecular complexity index is 1350. The van der Waals surface area contributed by atoms with Crippen molar-refractivity contribution < 1.29 is 24.4 Å². The molecule has 2 aromatic rings. The third-order valence-corrected chi connectivity index (χ3v) is 7.85. The Hall–Kier alpha value is -3.45. The second-order valence-corrected chi connectivity index (χ2v) is 12.0. The molecule has 1 saturated heterocycles. The van der Waals surface area contributed by atoms with E-state index in [9.17, 15) is 9.90 Å². The van der Waals surface area contributed by atoms with E-state index in [1.54, 1.807) is 18.3 Å². The summed E-state index contributed by atoms with van der Waals surface area (Å²) in [5.74, 6) is 0.358. The molecule has 2 aliphatic rings. The molecule has 0 aliphatic carbocycles. The fraction of sp³-hybridized carbons (Fsp3) is 0.467. The molecule has 1 amide bonds. The second-order valence-electron chi connectivity index (χ2n) is 11.4. The van der Waals surface area contributed by atoms with Gasteiger partial charge in [-0.2, -0.15) is 0 Å². The number of anilines is 3. The number of aliphatic hydroxyl groups is 1. The third kappa shape index (κ3) is 7.49. The molecule has 0 radical (unpaired) electrons. The number of ether oxygens (including phenoxy) is 2. The van der Waals surface area contributed by atoms with Crippen LogP contribution in [0.5, 0.6) is 5.75 Å². The summed E-state index contributed by atoms with van der Waals surface area (Å²) < 4.78 is 14.4. The highest BCUT2D eigenvalue weighted by molar-refractivity contribution is 7.99. The standard InChI is InChI=1S/C30H43N7O4S/c1-19-14-21(28(38)32-23-16-22(30(3,4)5)17-24(34-42-7)27(23)40-6)15-26(20(19)2)37-18-25(33-35-37)29(39)31-8-9-36-10-12-41-13-11-36/h14-18,33-35H,8-13H2,1-7H3,(H,31,39)(H,32,38)/p+1. The second kappa shape index (κ2) is 13.7. The molecule has 228 valence electrons. The average molecular weight is 599 g/mol. The van der Waals surface area contributed by atoms with Crippen molar-refractivity contribution >= 4 is 40.8 Å². The van der Waals surface area contributed by atoms with Crippen molar-refractivity contribution in [3.63, 3.8) is 0 Å². The van der Waals surface area contributed by atoms with Crippen LogP contribution >= 0.6 is 11.9 Å². The summed E-state index contributed by atoms with van der Waals surface area (Å²) in [6, 6.07) is 7.73. The minimum absolute atomic E-state index is 0.0435. The number of hydrogen-bond donors (Lipinski definition) is 6. The fourth-order valence-electron chi connectivity index (χ4n) is 4.79. The Balaban J connectivity index is 1.55. The highest BCUT2D eigenvalue weighted by Crippen LogP contribution is 2.40. The number of nitrogens with one attached hydrogen (secondary N) is 5. The van der Waals surface area contributed by atoms with Crippen LogP contribution in [0.15, 0.2) is 36.2 Å². The van der Waals surface area contributed by atoms with Crippen molar-refractivity contribution in [1.82, 2.24) is 15.9 Å². The summed E-state index contributed by atoms with van der Waals surface area (Å²) in [5, 5.41) is 15.5. The first kappa shape index (κ1) is 31.5. The normalized spacial score (nSPS) is 16.2. The zero-order chi connectivity index (χ0) is 30.4. The Labute approximate surface area is 252 Å². The van der Waals surface area contributed by atoms with Gasteiger partial charge in [-0.1, -0.05) is 32.7 Å². The van der Waals surface area contributed by atoms with E-state index in [0.29, 0.717) is 29.2 Å². The molecule has 11 nitrogen and oxygen atoms in total. The number of hydrazine groups is 2. The van der Waals surface area contributed by atoms with Crippen LogP contribution in [-0.2, 0) is 10.2 Å². The van der Waals surface area contributed by atoms with E-state index in [-0.39, 0.29) is 17.2 Å². The number of rotatable bonds is 10. The van der Waals surface area contributed by atoms with Gasteiger partial charge in [-0.3, -0.25) is 20.1 Å². The van der Waals surface area contributed by atoms with Gasteiger partial charge in [0.25, 0.3) is 5.91 Å². The number of methoxy groups -OCH3 is 1. The number of amides is 1. The third-order valence-electron chi connectivity index (χ3n) is 7.43. The Morgan fingerprint density at radius 1 is 1.17 bits per heavy atom. The summed E-state index contributed by atoms with van der Waals surface area (Å²) in [6.45, 7) is 15.1. The lowest BCUT2D eigenvalue weighted by Gasteiger charge is -2.24. The number of carbonyl (C=O) groups is 1. The van der Waals surface area contributed by atoms with E-state index < -0.39 is 0 Å². The molecule has 0 saturated carbocycles. The van der Waals surface area contributed by atoms with Crippen LogP contribution in [0.4, 0.5) is 17.1 Å². The molecule has 6 N–H and O–H groups in total. The van der Waals surface area contributed by atoms with Crippen molar-refractivity contribution in [2.75, 3.05) is 67.8 Å². The highest BCUT2D eigenvalue weighted by Gasteiger charge is 2.25. The predicted octanol–water partition coefficient (Wildman–Crippen LogP) is 2.59. The molecule has 1 fully saturated rings. The van der Waals surface area contributed by atoms with Crippen molar-refractivity contribution in [3.8, 4) is 5.75 Å². The van der Waals surface area contributed by atoms with Crippen LogP contribution in [0.2, 0.25) is 0 Å². The van der Waals surface area contributed by atoms with Gasteiger partial charge in [-0.05, 0) is 60.2 Å². The number of benzene rings is 2. The van der Waals surface area contributed by atoms with Crippen LogP contribution in [0.1, 0.15) is 47.8 Å². The van der Waals surface area contributed by atoms with Gasteiger partial charge in [-0.25, -0.2) is 4.99 Å². The van der Waals surface area contributed by atoms with E-state index in [1.807, 2.05) is 38.3 Å². The number of nitrogens with zero attached hydrogens (tertiary/aromatic N) is 2. The topological polar surface area (TPSA) is 124 Å². The molecule has 2 aliphatic heterocycles. The quantitative estimate of drug-likeness (QED) is 0.138. The summed E-state index contributed by atoms with van der Waals surface area (Å²) in [5.41, 5.74) is 12.1. The molecule has 0 atom stereocenters. The molecule has 0 unspecified atom stereocenters. The van der Waals surface area contributed by atoms with Crippen LogP contribution in [0, 0.1) is 13.8 Å². The number of aryl methyl sites for hydroxylation is 1. The first-order valence-electron chi connectivity index (χ1n) is 14.1. The van der Waals surface area contributed by atoms with Crippen LogP contribution in [0.3, 0.4) is 0 Å². The molecule has 4 rings (SSSR count). The first-order valence-corrected chi connectivity index (χ1v) is 15.3. The van der Waals surface area contributed by atoms with Gasteiger partial charge in [0, 0.05) is 24.9 Å². The van der Waals surface area contributed by atoms with E-state index in [1.165, 1.54) is 11.9 Å². The number of aliphatic hydroxyl groups excluding tert-OH is 1. The Kier molecular flexibility index (Phi) is 10.3. The summed E-state index contributed by atoms with van der Waals surface area (Å²) in [7, 11) is 1.60. The van der Waals surface area contributed by atoms with E-state index in [4.69, 9.17) is 9.47 Å². The van der Waals surface area contributed by atoms with Crippen LogP contribution in [-0.4, -0.2) is 74.6 Å². The summed E-state index contributed by atoms with van der Waals surface area (Å²) in [6.07, 6.45) is 3.70. The number of carbonyl (C=O) groups excluding carboxylic acids is 1. The average Bonchev–Trinajstić information content (AvgIpc) is 3.45. The molecule has 2 heterocycles. The zero-order valence-electron chi connectivity index (χ0n) is 25.6. The maximum absolute atomic E-state index is 13.6. The van der Waals surface area contributed by atoms with Crippen molar-refractivity contribution in [1.29, 1.82) is 0 Å². The SMILES string of the molecule is COc1c(NSC)cc(C(C)(C)C)cc1NC(=O)c1cc(C)c(C)c(N2C=C(C(O)=[NH+]CCN3CCOCC3)NN2)c1. The Morgan fingerprint density at radius 3 is 2.55 bits per heavy atom. The van der Waals surface area contributed by atoms with Gasteiger partial charge in [-0.15, -0.1) is 5.53 Å². The van der Waals surface area contributed by atoms with Crippen molar-refractivity contribution in [2.45, 2.75) is 40.0 Å². The summed E-state index contributed by atoms with van der Waals surface area (Å²) in [4.78, 5) is 19.0. The highest BCUT2D eigenvalue weighted by atomic mass is 32.2. The number of morpholine rings is 1. The fourth-order valence-corrected chi connectivity index (χ4v) is 5.17. The van der Waals surface area contributed by atoms with Gasteiger partial charge in [0.05, 0.1) is 50.1 Å². The maximum Gasteiger partial charge on any atom is 0.385 e. The smallest absolute Gasteiger partial charge is 0.385 e. The van der Waals surface area contributed by atoms with Crippen LogP contribution < -0.4 is 35.7 Å². The van der Waals surface area contributed by atoms with E-state index in [2.05, 4.69) is 57.7 Å². The van der Waals surface area contributed by atoms with Gasteiger partial charge >= 0.3 is 5.90 Å².